The highest BCUT2D eigenvalue weighted by atomic mass is 16.4. The molecule has 0 aromatic carbocycles. The molecule has 0 aliphatic carbocycles. The van der Waals surface area contributed by atoms with Crippen molar-refractivity contribution in [3.05, 3.63) is 0 Å². The molecule has 16 nitrogen and oxygen atoms in total. The summed E-state index contributed by atoms with van der Waals surface area (Å²) in [6, 6.07) is -0.936. The van der Waals surface area contributed by atoms with Crippen molar-refractivity contribution in [2.24, 2.45) is 0 Å². The summed E-state index contributed by atoms with van der Waals surface area (Å²) >= 11 is 0. The van der Waals surface area contributed by atoms with Crippen LogP contribution in [0.5, 0.6) is 0 Å². The highest BCUT2D eigenvalue weighted by Crippen LogP contribution is 1.91. The van der Waals surface area contributed by atoms with Gasteiger partial charge >= 0.3 is 11.9 Å². The molecule has 0 radical (unpaired) electrons. The van der Waals surface area contributed by atoms with E-state index < -0.39 is 18.0 Å². The van der Waals surface area contributed by atoms with E-state index in [1.165, 1.54) is 7.05 Å². The molecule has 0 saturated carbocycles. The zero-order valence-corrected chi connectivity index (χ0v) is 22.8. The average Bonchev–Trinajstić information content (AvgIpc) is 2.89. The van der Waals surface area contributed by atoms with Crippen LogP contribution in [0.1, 0.15) is 19.3 Å². The van der Waals surface area contributed by atoms with Crippen LogP contribution >= 0.6 is 0 Å². The number of amides is 3. The normalized spacial score (nSPS) is 11.5. The van der Waals surface area contributed by atoms with Crippen molar-refractivity contribution in [3.63, 3.8) is 0 Å². The molecule has 0 aliphatic heterocycles. The van der Waals surface area contributed by atoms with Gasteiger partial charge in [-0.05, 0) is 12.8 Å². The van der Waals surface area contributed by atoms with Gasteiger partial charge in [0.25, 0.3) is 0 Å². The maximum absolute atomic E-state index is 11.8. The summed E-state index contributed by atoms with van der Waals surface area (Å²) in [6.45, 7) is 5.94. The molecule has 0 fully saturated rings. The van der Waals surface area contributed by atoms with Crippen LogP contribution in [0.3, 0.4) is 0 Å². The second-order valence-corrected chi connectivity index (χ2v) is 8.55. The number of hydrogen-bond donors (Lipinski definition) is 11. The van der Waals surface area contributed by atoms with Gasteiger partial charge in [-0.1, -0.05) is 0 Å². The molecule has 0 aliphatic rings. The highest BCUT2D eigenvalue weighted by molar-refractivity contribution is 5.84. The molecular formula is C23H47N9O7. The summed E-state index contributed by atoms with van der Waals surface area (Å²) in [5.41, 5.74) is 0. The van der Waals surface area contributed by atoms with Gasteiger partial charge in [0.15, 0.2) is 0 Å². The van der Waals surface area contributed by atoms with E-state index in [1.54, 1.807) is 0 Å². The number of aliphatic carboxylic acids is 2. The number of carboxylic acids is 2. The summed E-state index contributed by atoms with van der Waals surface area (Å²) in [6.07, 6.45) is 1.35. The molecule has 0 rings (SSSR count). The predicted octanol–water partition coefficient (Wildman–Crippen LogP) is -4.79. The second-order valence-electron chi connectivity index (χ2n) is 8.55. The second kappa shape index (κ2) is 25.4. The number of rotatable bonds is 27. The lowest BCUT2D eigenvalue weighted by atomic mass is 10.2. The largest absolute Gasteiger partial charge is 0.480 e. The maximum Gasteiger partial charge on any atom is 0.321 e. The molecule has 1 atom stereocenters. The third-order valence-electron chi connectivity index (χ3n) is 5.19. The molecule has 0 aromatic heterocycles. The van der Waals surface area contributed by atoms with Crippen molar-refractivity contribution in [3.8, 4) is 0 Å². The van der Waals surface area contributed by atoms with E-state index in [2.05, 4.69) is 47.9 Å². The fourth-order valence-electron chi connectivity index (χ4n) is 3.08. The molecule has 0 bridgehead atoms. The third kappa shape index (κ3) is 25.2. The Kier molecular flexibility index (Phi) is 23.5. The Morgan fingerprint density at radius 3 is 1.44 bits per heavy atom. The fraction of sp³-hybridized carbons (Fsp3) is 0.783. The summed E-state index contributed by atoms with van der Waals surface area (Å²) in [5, 5.41) is 43.5. The molecule has 3 amide bonds. The Morgan fingerprint density at radius 1 is 0.564 bits per heavy atom. The number of hydrogen-bond acceptors (Lipinski definition) is 11. The van der Waals surface area contributed by atoms with Gasteiger partial charge in [-0.25, -0.2) is 0 Å². The van der Waals surface area contributed by atoms with Gasteiger partial charge in [-0.2, -0.15) is 0 Å². The van der Waals surface area contributed by atoms with Crippen molar-refractivity contribution in [1.82, 2.24) is 47.9 Å². The highest BCUT2D eigenvalue weighted by Gasteiger charge is 2.19. The van der Waals surface area contributed by atoms with Crippen molar-refractivity contribution in [2.45, 2.75) is 25.3 Å². The maximum atomic E-state index is 11.8. The lowest BCUT2D eigenvalue weighted by molar-refractivity contribution is -0.141. The predicted molar refractivity (Wildman–Crippen MR) is 145 cm³/mol. The van der Waals surface area contributed by atoms with Gasteiger partial charge in [0.2, 0.25) is 17.7 Å². The minimum Gasteiger partial charge on any atom is -0.480 e. The van der Waals surface area contributed by atoms with Gasteiger partial charge in [0, 0.05) is 72.5 Å². The van der Waals surface area contributed by atoms with Crippen LogP contribution in [-0.4, -0.2) is 138 Å². The van der Waals surface area contributed by atoms with Gasteiger partial charge < -0.3 is 58.1 Å². The van der Waals surface area contributed by atoms with E-state index in [0.29, 0.717) is 65.4 Å². The zero-order chi connectivity index (χ0) is 29.1. The number of carbonyl (C=O) groups is 5. The third-order valence-corrected chi connectivity index (χ3v) is 5.19. The first-order valence-electron chi connectivity index (χ1n) is 13.2. The van der Waals surface area contributed by atoms with Gasteiger partial charge in [-0.15, -0.1) is 0 Å². The Hall–Kier alpha value is -2.89. The van der Waals surface area contributed by atoms with Crippen LogP contribution < -0.4 is 47.9 Å². The van der Waals surface area contributed by atoms with Crippen molar-refractivity contribution in [2.75, 3.05) is 92.1 Å². The van der Waals surface area contributed by atoms with Crippen LogP contribution in [0.2, 0.25) is 0 Å². The molecule has 11 N–H and O–H groups in total. The van der Waals surface area contributed by atoms with E-state index in [0.717, 1.165) is 12.8 Å². The molecule has 226 valence electrons. The van der Waals surface area contributed by atoms with E-state index in [4.69, 9.17) is 10.2 Å². The Labute approximate surface area is 229 Å². The number of carboxylic acid groups (broad SMARTS) is 2. The van der Waals surface area contributed by atoms with Crippen molar-refractivity contribution < 1.29 is 34.2 Å². The monoisotopic (exact) mass is 561 g/mol. The molecule has 0 heterocycles. The summed E-state index contributed by atoms with van der Waals surface area (Å²) < 4.78 is 0. The Balaban J connectivity index is 3.47. The SMILES string of the molecule is CNC(=O)CC(NCCNCCNCC(=O)NCCCCNC(=O)CNCCNCCNCC(=O)O)C(=O)O. The van der Waals surface area contributed by atoms with Gasteiger partial charge in [0.05, 0.1) is 26.1 Å². The fourth-order valence-corrected chi connectivity index (χ4v) is 3.08. The van der Waals surface area contributed by atoms with E-state index in [9.17, 15) is 24.0 Å². The van der Waals surface area contributed by atoms with Crippen LogP contribution in [-0.2, 0) is 24.0 Å². The van der Waals surface area contributed by atoms with E-state index in [1.807, 2.05) is 0 Å². The van der Waals surface area contributed by atoms with Gasteiger partial charge in [0.1, 0.15) is 6.04 Å². The molecule has 1 unspecified atom stereocenters. The smallest absolute Gasteiger partial charge is 0.321 e. The number of carbonyl (C=O) groups excluding carboxylic acids is 3. The van der Waals surface area contributed by atoms with Crippen LogP contribution in [0.25, 0.3) is 0 Å². The lowest BCUT2D eigenvalue weighted by Gasteiger charge is -2.14. The summed E-state index contributed by atoms with van der Waals surface area (Å²) in [7, 11) is 1.46. The minimum atomic E-state index is -1.08. The van der Waals surface area contributed by atoms with E-state index in [-0.39, 0.29) is 43.8 Å². The van der Waals surface area contributed by atoms with Crippen LogP contribution in [0, 0.1) is 0 Å². The molecule has 0 saturated heterocycles. The molecular weight excluding hydrogens is 514 g/mol. The molecule has 0 spiro atoms. The van der Waals surface area contributed by atoms with E-state index >= 15 is 0 Å². The van der Waals surface area contributed by atoms with Crippen LogP contribution in [0.4, 0.5) is 0 Å². The molecule has 16 heteroatoms. The zero-order valence-electron chi connectivity index (χ0n) is 22.8. The number of nitrogens with one attached hydrogen (secondary N) is 9. The summed E-state index contributed by atoms with van der Waals surface area (Å²) in [5.74, 6) is -2.52. The first-order chi connectivity index (χ1) is 18.8. The van der Waals surface area contributed by atoms with Crippen molar-refractivity contribution >= 4 is 29.7 Å². The van der Waals surface area contributed by atoms with Crippen molar-refractivity contribution in [1.29, 1.82) is 0 Å². The number of unbranched alkanes of at least 4 members (excludes halogenated alkanes) is 1. The van der Waals surface area contributed by atoms with Crippen LogP contribution in [0.15, 0.2) is 0 Å². The quantitative estimate of drug-likeness (QED) is 0.0423. The lowest BCUT2D eigenvalue weighted by Crippen LogP contribution is -2.44. The minimum absolute atomic E-state index is 0.0629. The standard InChI is InChI=1S/C23H47N9O7/c1-24-19(33)14-18(23(38)39)30-13-12-26-7-10-28-16-21(35)32-5-3-2-4-31-20(34)15-27-9-6-25-8-11-29-17-22(36)37/h18,25-30H,2-17H2,1H3,(H,24,33)(H,31,34)(H,32,35)(H,36,37)(H,38,39). The topological polar surface area (TPSA) is 234 Å². The molecule has 39 heavy (non-hydrogen) atoms. The Morgan fingerprint density at radius 2 is 1.00 bits per heavy atom. The summed E-state index contributed by atoms with van der Waals surface area (Å²) in [4.78, 5) is 56.4. The first-order valence-corrected chi connectivity index (χ1v) is 13.2. The Bertz CT molecular complexity index is 713. The molecule has 0 aromatic rings. The van der Waals surface area contributed by atoms with Gasteiger partial charge in [-0.3, -0.25) is 24.0 Å². The average molecular weight is 562 g/mol. The first kappa shape index (κ1) is 36.1.